The predicted octanol–water partition coefficient (Wildman–Crippen LogP) is 4.58. The summed E-state index contributed by atoms with van der Waals surface area (Å²) in [4.78, 5) is 12.5. The minimum absolute atomic E-state index is 0.0454. The van der Waals surface area contributed by atoms with E-state index in [4.69, 9.17) is 4.74 Å². The Kier molecular flexibility index (Phi) is 5.53. The Labute approximate surface area is 145 Å². The molecule has 0 fully saturated rings. The first-order valence-electron chi connectivity index (χ1n) is 8.57. The van der Waals surface area contributed by atoms with Crippen LogP contribution in [0.2, 0.25) is 0 Å². The Morgan fingerprint density at radius 2 is 1.71 bits per heavy atom. The molecule has 0 radical (unpaired) electrons. The van der Waals surface area contributed by atoms with Crippen molar-refractivity contribution in [2.24, 2.45) is 11.3 Å². The normalized spacial score (nSPS) is 13.1. The van der Waals surface area contributed by atoms with Crippen LogP contribution in [0.4, 0.5) is 0 Å². The molecule has 0 aliphatic carbocycles. The summed E-state index contributed by atoms with van der Waals surface area (Å²) in [5, 5.41) is 5.45. The molecular formula is C21H29NO2. The van der Waals surface area contributed by atoms with E-state index in [1.54, 1.807) is 7.11 Å². The number of carbonyl (C=O) groups is 1. The predicted molar refractivity (Wildman–Crippen MR) is 100 cm³/mol. The number of hydrogen-bond acceptors (Lipinski definition) is 2. The van der Waals surface area contributed by atoms with E-state index >= 15 is 0 Å². The Morgan fingerprint density at radius 3 is 2.29 bits per heavy atom. The lowest BCUT2D eigenvalue weighted by Crippen LogP contribution is -2.47. The fourth-order valence-corrected chi connectivity index (χ4v) is 3.30. The van der Waals surface area contributed by atoms with Crippen LogP contribution in [0.5, 0.6) is 5.75 Å². The molecule has 0 heterocycles. The molecular weight excluding hydrogens is 298 g/mol. The number of nitrogens with one attached hydrogen (secondary N) is 1. The van der Waals surface area contributed by atoms with E-state index in [2.05, 4.69) is 46.0 Å². The Hall–Kier alpha value is -2.03. The van der Waals surface area contributed by atoms with Gasteiger partial charge >= 0.3 is 0 Å². The molecule has 2 aromatic carbocycles. The molecule has 0 bridgehead atoms. The SMILES string of the molecule is COc1ccc2cc(CC(=O)NC(C(C)C)C(C)(C)C)ccc2c1. The van der Waals surface area contributed by atoms with Gasteiger partial charge in [-0.15, -0.1) is 0 Å². The number of ether oxygens (including phenoxy) is 1. The minimum atomic E-state index is 0.0454. The Balaban J connectivity index is 2.12. The molecule has 0 saturated carbocycles. The zero-order chi connectivity index (χ0) is 17.9. The maximum Gasteiger partial charge on any atom is 0.224 e. The molecule has 1 unspecified atom stereocenters. The van der Waals surface area contributed by atoms with Gasteiger partial charge in [0.05, 0.1) is 13.5 Å². The van der Waals surface area contributed by atoms with Crippen molar-refractivity contribution in [1.29, 1.82) is 0 Å². The van der Waals surface area contributed by atoms with E-state index in [1.165, 1.54) is 0 Å². The molecule has 1 N–H and O–H groups in total. The monoisotopic (exact) mass is 327 g/mol. The Bertz CT molecular complexity index is 713. The summed E-state index contributed by atoms with van der Waals surface area (Å²) >= 11 is 0. The number of fused-ring (bicyclic) bond motifs is 1. The number of rotatable bonds is 5. The lowest BCUT2D eigenvalue weighted by atomic mass is 9.80. The average molecular weight is 327 g/mol. The first-order valence-corrected chi connectivity index (χ1v) is 8.57. The highest BCUT2D eigenvalue weighted by Crippen LogP contribution is 2.25. The van der Waals surface area contributed by atoms with Crippen molar-refractivity contribution in [2.75, 3.05) is 7.11 Å². The molecule has 3 heteroatoms. The van der Waals surface area contributed by atoms with Crippen LogP contribution in [0.1, 0.15) is 40.2 Å². The third-order valence-electron chi connectivity index (χ3n) is 4.39. The second-order valence-electron chi connectivity index (χ2n) is 7.88. The third-order valence-corrected chi connectivity index (χ3v) is 4.39. The summed E-state index contributed by atoms with van der Waals surface area (Å²) in [6, 6.07) is 12.3. The van der Waals surface area contributed by atoms with Crippen molar-refractivity contribution in [1.82, 2.24) is 5.32 Å². The summed E-state index contributed by atoms with van der Waals surface area (Å²) in [6.07, 6.45) is 0.404. The summed E-state index contributed by atoms with van der Waals surface area (Å²) in [7, 11) is 1.67. The lowest BCUT2D eigenvalue weighted by molar-refractivity contribution is -0.122. The maximum absolute atomic E-state index is 12.5. The van der Waals surface area contributed by atoms with Crippen molar-refractivity contribution in [2.45, 2.75) is 47.1 Å². The van der Waals surface area contributed by atoms with Crippen LogP contribution in [-0.4, -0.2) is 19.1 Å². The Morgan fingerprint density at radius 1 is 1.08 bits per heavy atom. The standard InChI is InChI=1S/C21H29NO2/c1-14(2)20(21(3,4)5)22-19(23)12-15-7-8-17-13-18(24-6)10-9-16(17)11-15/h7-11,13-14,20H,12H2,1-6H3,(H,22,23). The number of methoxy groups -OCH3 is 1. The summed E-state index contributed by atoms with van der Waals surface area (Å²) < 4.78 is 5.25. The molecule has 1 atom stereocenters. The van der Waals surface area contributed by atoms with Crippen LogP contribution in [0, 0.1) is 11.3 Å². The van der Waals surface area contributed by atoms with E-state index in [0.717, 1.165) is 22.1 Å². The van der Waals surface area contributed by atoms with E-state index in [0.29, 0.717) is 12.3 Å². The third kappa shape index (κ3) is 4.50. The molecule has 130 valence electrons. The number of amides is 1. The maximum atomic E-state index is 12.5. The molecule has 2 rings (SSSR count). The van der Waals surface area contributed by atoms with Crippen molar-refractivity contribution in [3.05, 3.63) is 42.0 Å². The molecule has 0 saturated heterocycles. The fraction of sp³-hybridized carbons (Fsp3) is 0.476. The van der Waals surface area contributed by atoms with Gasteiger partial charge in [0.1, 0.15) is 5.75 Å². The zero-order valence-electron chi connectivity index (χ0n) is 15.6. The highest BCUT2D eigenvalue weighted by atomic mass is 16.5. The topological polar surface area (TPSA) is 38.3 Å². The molecule has 24 heavy (non-hydrogen) atoms. The number of hydrogen-bond donors (Lipinski definition) is 1. The fourth-order valence-electron chi connectivity index (χ4n) is 3.30. The van der Waals surface area contributed by atoms with Crippen LogP contribution in [0.15, 0.2) is 36.4 Å². The molecule has 3 nitrogen and oxygen atoms in total. The van der Waals surface area contributed by atoms with Crippen molar-refractivity contribution >= 4 is 16.7 Å². The van der Waals surface area contributed by atoms with Gasteiger partial charge in [-0.25, -0.2) is 0 Å². The first kappa shape index (κ1) is 18.3. The van der Waals surface area contributed by atoms with E-state index in [9.17, 15) is 4.79 Å². The molecule has 0 spiro atoms. The molecule has 0 aliphatic heterocycles. The summed E-state index contributed by atoms with van der Waals surface area (Å²) in [5.74, 6) is 1.33. The highest BCUT2D eigenvalue weighted by Gasteiger charge is 2.28. The second kappa shape index (κ2) is 7.25. The van der Waals surface area contributed by atoms with Gasteiger partial charge in [0.15, 0.2) is 0 Å². The largest absolute Gasteiger partial charge is 0.497 e. The van der Waals surface area contributed by atoms with E-state index < -0.39 is 0 Å². The van der Waals surface area contributed by atoms with Crippen LogP contribution in [0.3, 0.4) is 0 Å². The van der Waals surface area contributed by atoms with Gasteiger partial charge in [-0.3, -0.25) is 4.79 Å². The number of benzene rings is 2. The summed E-state index contributed by atoms with van der Waals surface area (Å²) in [6.45, 7) is 10.8. The molecule has 2 aromatic rings. The van der Waals surface area contributed by atoms with Gasteiger partial charge in [-0.1, -0.05) is 58.9 Å². The molecule has 0 aromatic heterocycles. The van der Waals surface area contributed by atoms with Crippen molar-refractivity contribution in [3.8, 4) is 5.75 Å². The van der Waals surface area contributed by atoms with Gasteiger partial charge in [0, 0.05) is 6.04 Å². The van der Waals surface area contributed by atoms with Gasteiger partial charge in [-0.2, -0.15) is 0 Å². The van der Waals surface area contributed by atoms with Gasteiger partial charge < -0.3 is 10.1 Å². The smallest absolute Gasteiger partial charge is 0.224 e. The van der Waals surface area contributed by atoms with Gasteiger partial charge in [0.2, 0.25) is 5.91 Å². The molecule has 0 aliphatic rings. The lowest BCUT2D eigenvalue weighted by Gasteiger charge is -2.34. The van der Waals surface area contributed by atoms with E-state index in [1.807, 2.05) is 30.3 Å². The molecule has 1 amide bonds. The van der Waals surface area contributed by atoms with Crippen LogP contribution < -0.4 is 10.1 Å². The minimum Gasteiger partial charge on any atom is -0.497 e. The van der Waals surface area contributed by atoms with Crippen molar-refractivity contribution in [3.63, 3.8) is 0 Å². The quantitative estimate of drug-likeness (QED) is 0.873. The average Bonchev–Trinajstić information content (AvgIpc) is 2.50. The zero-order valence-corrected chi connectivity index (χ0v) is 15.6. The van der Waals surface area contributed by atoms with Gasteiger partial charge in [0.25, 0.3) is 0 Å². The first-order chi connectivity index (χ1) is 11.2. The van der Waals surface area contributed by atoms with Crippen LogP contribution in [-0.2, 0) is 11.2 Å². The van der Waals surface area contributed by atoms with Gasteiger partial charge in [-0.05, 0) is 39.8 Å². The van der Waals surface area contributed by atoms with Crippen LogP contribution >= 0.6 is 0 Å². The van der Waals surface area contributed by atoms with Crippen LogP contribution in [0.25, 0.3) is 10.8 Å². The highest BCUT2D eigenvalue weighted by molar-refractivity contribution is 5.86. The number of carbonyl (C=O) groups excluding carboxylic acids is 1. The van der Waals surface area contributed by atoms with E-state index in [-0.39, 0.29) is 17.4 Å². The van der Waals surface area contributed by atoms with Crippen molar-refractivity contribution < 1.29 is 9.53 Å². The second-order valence-corrected chi connectivity index (χ2v) is 7.88. The summed E-state index contributed by atoms with van der Waals surface area (Å²) in [5.41, 5.74) is 1.07.